The van der Waals surface area contributed by atoms with E-state index in [1.807, 2.05) is 0 Å². The highest BCUT2D eigenvalue weighted by atomic mass is 16.2. The molecule has 95 heavy (non-hydrogen) atoms. The molecule has 0 heterocycles. The summed E-state index contributed by atoms with van der Waals surface area (Å²) < 4.78 is 0. The summed E-state index contributed by atoms with van der Waals surface area (Å²) in [6, 6.07) is -3.15. The average molecular weight is 1350 g/mol. The van der Waals surface area contributed by atoms with Crippen LogP contribution in [0.2, 0.25) is 0 Å². The molecule has 5 atom stereocenters. The molecule has 0 fully saturated rings. The predicted octanol–water partition coefficient (Wildman–Crippen LogP) is 5.73. The molecule has 0 rings (SSSR count). The van der Waals surface area contributed by atoms with E-state index in [0.29, 0.717) is 162 Å². The Kier molecular flexibility index (Phi) is 60.8. The van der Waals surface area contributed by atoms with Crippen molar-refractivity contribution < 1.29 is 47.9 Å². The summed E-state index contributed by atoms with van der Waals surface area (Å²) in [6.07, 6.45) is 33.1. The molecule has 0 spiro atoms. The van der Waals surface area contributed by atoms with Crippen LogP contribution in [0.5, 0.6) is 0 Å². The van der Waals surface area contributed by atoms with E-state index in [1.165, 1.54) is 0 Å². The Morgan fingerprint density at radius 2 is 0.432 bits per heavy atom. The highest BCUT2D eigenvalue weighted by Crippen LogP contribution is 2.14. The molecule has 0 radical (unpaired) electrons. The minimum atomic E-state index is -0.677. The number of unbranched alkanes of at least 4 members (excludes halogenated alkanes) is 25. The maximum absolute atomic E-state index is 13.3. The van der Waals surface area contributed by atoms with Crippen molar-refractivity contribution in [3.8, 4) is 0 Å². The summed E-state index contributed by atoms with van der Waals surface area (Å²) in [7, 11) is 0. The summed E-state index contributed by atoms with van der Waals surface area (Å²) in [5.74, 6) is -2.08. The van der Waals surface area contributed by atoms with E-state index in [0.717, 1.165) is 186 Å². The van der Waals surface area contributed by atoms with Crippen molar-refractivity contribution in [1.29, 1.82) is 0 Å². The van der Waals surface area contributed by atoms with Crippen LogP contribution in [0.15, 0.2) is 0 Å². The van der Waals surface area contributed by atoms with Crippen LogP contribution in [0.4, 0.5) is 0 Å². The molecule has 552 valence electrons. The van der Waals surface area contributed by atoms with Crippen molar-refractivity contribution in [1.82, 2.24) is 47.9 Å². The number of amides is 10. The number of hydrogen-bond acceptors (Lipinski definition) is 15. The van der Waals surface area contributed by atoms with Crippen LogP contribution in [-0.2, 0) is 47.9 Å². The molecule has 0 saturated carbocycles. The molecule has 0 bridgehead atoms. The Labute approximate surface area is 572 Å². The Morgan fingerprint density at radius 1 is 0.242 bits per heavy atom. The zero-order chi connectivity index (χ0) is 70.2. The minimum Gasteiger partial charge on any atom is -0.368 e. The molecule has 0 aromatic carbocycles. The quantitative estimate of drug-likeness (QED) is 0.0323. The van der Waals surface area contributed by atoms with E-state index < -0.39 is 36.1 Å². The first-order valence-corrected chi connectivity index (χ1v) is 37.4. The van der Waals surface area contributed by atoms with E-state index in [2.05, 4.69) is 54.8 Å². The molecule has 21 N–H and O–H groups in total. The molecular weight excluding hydrogens is 1210 g/mol. The van der Waals surface area contributed by atoms with Gasteiger partial charge in [0, 0.05) is 58.3 Å². The standard InChI is InChI=1S/C70H137N15O10/c1-2-3-4-9-18-43-62(87)82-57(38-24-29-48-72)67(92)77-53-34-15-6-11-20-45-64(89)84-59(40-26-31-50-74)69(94)79-55-36-17-8-13-22-46-65(90)85-60(41-27-32-51-75)70(95)80-54-35-16-7-12-21-44-63(88)83-58(39-25-30-49-73)68(93)78-52-33-14-5-10-19-42-61(86)81-56(66(76)91)37-23-28-47-71/h56-60H,2-55,71-75H2,1H3,(H2,76,91)(H,77,92)(H,78,93)(H,79,94)(H,80,95)(H,81,86)(H,82,87)(H,83,88)(H,84,89)(H,85,90)/t56-,57-,58-,59-,60-/m0/s1. The number of carbonyl (C=O) groups is 10. The van der Waals surface area contributed by atoms with Crippen molar-refractivity contribution >= 4 is 59.1 Å². The van der Waals surface area contributed by atoms with Gasteiger partial charge in [-0.2, -0.15) is 0 Å². The molecule has 0 aromatic rings. The van der Waals surface area contributed by atoms with Crippen LogP contribution in [0.1, 0.15) is 296 Å². The lowest BCUT2D eigenvalue weighted by Gasteiger charge is -2.19. The highest BCUT2D eigenvalue weighted by Gasteiger charge is 2.24. The minimum absolute atomic E-state index is 0.0812. The van der Waals surface area contributed by atoms with E-state index >= 15 is 0 Å². The van der Waals surface area contributed by atoms with Crippen molar-refractivity contribution in [2.24, 2.45) is 34.4 Å². The summed E-state index contributed by atoms with van der Waals surface area (Å²) >= 11 is 0. The first-order chi connectivity index (χ1) is 46.1. The number of nitrogens with two attached hydrogens (primary N) is 6. The number of carbonyl (C=O) groups excluding carboxylic acids is 10. The Morgan fingerprint density at radius 3 is 0.642 bits per heavy atom. The summed E-state index contributed by atoms with van der Waals surface area (Å²) in [6.45, 7) is 6.67. The van der Waals surface area contributed by atoms with Gasteiger partial charge in [0.05, 0.1) is 0 Å². The second-order valence-electron chi connectivity index (χ2n) is 25.8. The van der Waals surface area contributed by atoms with Crippen LogP contribution in [0.3, 0.4) is 0 Å². The molecule has 0 unspecified atom stereocenters. The van der Waals surface area contributed by atoms with Gasteiger partial charge in [-0.15, -0.1) is 0 Å². The molecule has 0 aliphatic rings. The lowest BCUT2D eigenvalue weighted by Crippen LogP contribution is -2.47. The zero-order valence-electron chi connectivity index (χ0n) is 59.1. The third-order valence-corrected chi connectivity index (χ3v) is 17.0. The average Bonchev–Trinajstić information content (AvgIpc) is 2.26. The van der Waals surface area contributed by atoms with Crippen LogP contribution >= 0.6 is 0 Å². The summed E-state index contributed by atoms with van der Waals surface area (Å²) in [5, 5.41) is 26.5. The van der Waals surface area contributed by atoms with Crippen LogP contribution < -0.4 is 82.3 Å². The number of hydrogen-bond donors (Lipinski definition) is 15. The van der Waals surface area contributed by atoms with Crippen LogP contribution in [-0.4, -0.2) is 148 Å². The third-order valence-electron chi connectivity index (χ3n) is 17.0. The van der Waals surface area contributed by atoms with Gasteiger partial charge in [-0.1, -0.05) is 110 Å². The molecule has 25 heteroatoms. The summed E-state index contributed by atoms with van der Waals surface area (Å²) in [5.41, 5.74) is 33.8. The number of nitrogens with one attached hydrogen (secondary N) is 9. The van der Waals surface area contributed by atoms with Gasteiger partial charge in [-0.25, -0.2) is 0 Å². The van der Waals surface area contributed by atoms with Gasteiger partial charge in [0.1, 0.15) is 30.2 Å². The van der Waals surface area contributed by atoms with Gasteiger partial charge < -0.3 is 82.3 Å². The van der Waals surface area contributed by atoms with Gasteiger partial charge in [0.25, 0.3) is 0 Å². The normalized spacial score (nSPS) is 12.7. The van der Waals surface area contributed by atoms with E-state index in [1.54, 1.807) is 0 Å². The topological polar surface area (TPSA) is 435 Å². The Hall–Kier alpha value is -5.50. The fourth-order valence-electron chi connectivity index (χ4n) is 11.1. The maximum Gasteiger partial charge on any atom is 0.242 e. The van der Waals surface area contributed by atoms with E-state index in [9.17, 15) is 47.9 Å². The molecule has 10 amide bonds. The maximum atomic E-state index is 13.3. The lowest BCUT2D eigenvalue weighted by molar-refractivity contribution is -0.129. The van der Waals surface area contributed by atoms with Crippen molar-refractivity contribution in [3.05, 3.63) is 0 Å². The monoisotopic (exact) mass is 1350 g/mol. The van der Waals surface area contributed by atoms with Gasteiger partial charge in [-0.3, -0.25) is 47.9 Å². The van der Waals surface area contributed by atoms with Crippen molar-refractivity contribution in [2.45, 2.75) is 326 Å². The van der Waals surface area contributed by atoms with E-state index in [4.69, 9.17) is 34.4 Å². The van der Waals surface area contributed by atoms with Gasteiger partial charge in [0.15, 0.2) is 0 Å². The highest BCUT2D eigenvalue weighted by molar-refractivity contribution is 5.90. The zero-order valence-corrected chi connectivity index (χ0v) is 59.1. The molecule has 25 nitrogen and oxygen atoms in total. The van der Waals surface area contributed by atoms with Gasteiger partial charge in [-0.05, 0) is 187 Å². The molecule has 0 saturated heterocycles. The summed E-state index contributed by atoms with van der Waals surface area (Å²) in [4.78, 5) is 128. The van der Waals surface area contributed by atoms with Gasteiger partial charge in [0.2, 0.25) is 59.1 Å². The SMILES string of the molecule is CCCCCCCC(=O)N[C@@H](CCCCN)C(=O)NCCCCCCCC(=O)N[C@@H](CCCCN)C(=O)NCCCCCCCC(=O)N[C@@H](CCCCN)C(=O)NCCCCCCCC(=O)N[C@@H](CCCCN)C(=O)NCCCCCCCC(=O)N[C@@H](CCCCN)C(N)=O. The Bertz CT molecular complexity index is 2030. The van der Waals surface area contributed by atoms with Crippen molar-refractivity contribution in [3.63, 3.8) is 0 Å². The number of rotatable bonds is 68. The lowest BCUT2D eigenvalue weighted by atomic mass is 10.1. The number of primary amides is 1. The largest absolute Gasteiger partial charge is 0.368 e. The second kappa shape index (κ2) is 64.5. The molecular formula is C70H137N15O10. The fourth-order valence-corrected chi connectivity index (χ4v) is 11.1. The molecule has 0 aliphatic carbocycles. The molecule has 0 aromatic heterocycles. The predicted molar refractivity (Wildman–Crippen MR) is 380 cm³/mol. The first kappa shape index (κ1) is 89.5. The first-order valence-electron chi connectivity index (χ1n) is 37.4. The van der Waals surface area contributed by atoms with Crippen LogP contribution in [0, 0.1) is 0 Å². The van der Waals surface area contributed by atoms with Crippen LogP contribution in [0.25, 0.3) is 0 Å². The second-order valence-corrected chi connectivity index (χ2v) is 25.8. The third kappa shape index (κ3) is 54.2. The van der Waals surface area contributed by atoms with Gasteiger partial charge >= 0.3 is 0 Å². The smallest absolute Gasteiger partial charge is 0.242 e. The van der Waals surface area contributed by atoms with E-state index in [-0.39, 0.29) is 53.2 Å². The Balaban J connectivity index is 4.56. The molecule has 0 aliphatic heterocycles. The van der Waals surface area contributed by atoms with Crippen molar-refractivity contribution in [2.75, 3.05) is 58.9 Å². The fraction of sp³-hybridized carbons (Fsp3) is 0.857.